The van der Waals surface area contributed by atoms with Crippen molar-refractivity contribution in [1.82, 2.24) is 0 Å². The first kappa shape index (κ1) is 21.6. The predicted octanol–water partition coefficient (Wildman–Crippen LogP) is 4.44. The third kappa shape index (κ3) is 5.93. The molecule has 0 bridgehead atoms. The van der Waals surface area contributed by atoms with Gasteiger partial charge in [-0.1, -0.05) is 30.3 Å². The number of para-hydroxylation sites is 1. The molecular weight excluding hydrogens is 392 g/mol. The van der Waals surface area contributed by atoms with E-state index in [1.54, 1.807) is 24.3 Å². The fourth-order valence-electron chi connectivity index (χ4n) is 3.04. The van der Waals surface area contributed by atoms with Crippen LogP contribution >= 0.6 is 0 Å². The molecule has 0 unspecified atom stereocenters. The van der Waals surface area contributed by atoms with Crippen LogP contribution in [0, 0.1) is 5.41 Å². The van der Waals surface area contributed by atoms with Crippen LogP contribution in [-0.2, 0) is 11.3 Å². The van der Waals surface area contributed by atoms with Gasteiger partial charge in [0.2, 0.25) is 0 Å². The second-order valence-electron chi connectivity index (χ2n) is 6.93. The van der Waals surface area contributed by atoms with E-state index in [4.69, 9.17) is 10.5 Å². The van der Waals surface area contributed by atoms with Crippen LogP contribution in [0.15, 0.2) is 72.8 Å². The summed E-state index contributed by atoms with van der Waals surface area (Å²) in [5, 5.41) is 26.1. The SMILES string of the molecule is CNc1ccc(C(=O)Nc2ccc(CNc3ccccc3C(=N)CC(=O)O)cc2)cc1. The minimum Gasteiger partial charge on any atom is -0.481 e. The molecule has 0 atom stereocenters. The molecule has 7 heteroatoms. The summed E-state index contributed by atoms with van der Waals surface area (Å²) < 4.78 is 0. The number of carbonyl (C=O) groups excluding carboxylic acids is 1. The van der Waals surface area contributed by atoms with Crippen molar-refractivity contribution in [3.63, 3.8) is 0 Å². The standard InChI is InChI=1S/C24H24N4O3/c1-26-18-12-8-17(9-13-18)24(31)28-19-10-6-16(7-11-19)15-27-22-5-3-2-4-20(22)21(25)14-23(29)30/h2-13,25-27H,14-15H2,1H3,(H,28,31)(H,29,30). The highest BCUT2D eigenvalue weighted by atomic mass is 16.4. The van der Waals surface area contributed by atoms with Gasteiger partial charge < -0.3 is 26.5 Å². The number of hydrogen-bond donors (Lipinski definition) is 5. The van der Waals surface area contributed by atoms with Crippen LogP contribution in [-0.4, -0.2) is 29.7 Å². The number of anilines is 3. The molecule has 0 spiro atoms. The van der Waals surface area contributed by atoms with E-state index >= 15 is 0 Å². The molecule has 3 aromatic rings. The Kier molecular flexibility index (Phi) is 7.01. The Morgan fingerprint density at radius 1 is 0.903 bits per heavy atom. The van der Waals surface area contributed by atoms with Gasteiger partial charge >= 0.3 is 5.97 Å². The first-order valence-corrected chi connectivity index (χ1v) is 9.77. The van der Waals surface area contributed by atoms with Crippen LogP contribution in [0.1, 0.15) is 27.9 Å². The molecule has 0 fully saturated rings. The van der Waals surface area contributed by atoms with Crippen molar-refractivity contribution in [3.05, 3.63) is 89.5 Å². The zero-order chi connectivity index (χ0) is 22.2. The number of nitrogens with one attached hydrogen (secondary N) is 4. The molecule has 3 rings (SSSR count). The number of hydrogen-bond acceptors (Lipinski definition) is 5. The molecule has 31 heavy (non-hydrogen) atoms. The van der Waals surface area contributed by atoms with E-state index in [0.29, 0.717) is 29.0 Å². The first-order chi connectivity index (χ1) is 15.0. The van der Waals surface area contributed by atoms with Crippen LogP contribution in [0.4, 0.5) is 17.1 Å². The van der Waals surface area contributed by atoms with Crippen molar-refractivity contribution < 1.29 is 14.7 Å². The van der Waals surface area contributed by atoms with Crippen molar-refractivity contribution in [2.24, 2.45) is 0 Å². The maximum absolute atomic E-state index is 12.4. The summed E-state index contributed by atoms with van der Waals surface area (Å²) in [6, 6.07) is 21.8. The molecule has 0 aromatic heterocycles. The van der Waals surface area contributed by atoms with Gasteiger partial charge in [0.1, 0.15) is 0 Å². The Morgan fingerprint density at radius 3 is 2.19 bits per heavy atom. The fraction of sp³-hybridized carbons (Fsp3) is 0.125. The first-order valence-electron chi connectivity index (χ1n) is 9.77. The van der Waals surface area contributed by atoms with Crippen molar-refractivity contribution >= 4 is 34.7 Å². The van der Waals surface area contributed by atoms with Gasteiger partial charge in [0, 0.05) is 41.8 Å². The van der Waals surface area contributed by atoms with Crippen LogP contribution in [0.2, 0.25) is 0 Å². The van der Waals surface area contributed by atoms with Crippen molar-refractivity contribution in [2.45, 2.75) is 13.0 Å². The summed E-state index contributed by atoms with van der Waals surface area (Å²) in [7, 11) is 1.82. The van der Waals surface area contributed by atoms with E-state index in [1.165, 1.54) is 0 Å². The Labute approximate surface area is 180 Å². The van der Waals surface area contributed by atoms with E-state index in [-0.39, 0.29) is 18.0 Å². The van der Waals surface area contributed by atoms with Gasteiger partial charge in [-0.3, -0.25) is 9.59 Å². The molecule has 0 aliphatic rings. The molecule has 158 valence electrons. The zero-order valence-corrected chi connectivity index (χ0v) is 17.1. The number of rotatable bonds is 9. The Balaban J connectivity index is 1.60. The number of aliphatic carboxylic acids is 1. The van der Waals surface area contributed by atoms with Crippen molar-refractivity contribution in [1.29, 1.82) is 5.41 Å². The van der Waals surface area contributed by atoms with Crippen LogP contribution in [0.3, 0.4) is 0 Å². The highest BCUT2D eigenvalue weighted by molar-refractivity contribution is 6.10. The number of carboxylic acids is 1. The van der Waals surface area contributed by atoms with Gasteiger partial charge in [0.05, 0.1) is 12.1 Å². The molecule has 7 nitrogen and oxygen atoms in total. The number of carboxylic acid groups (broad SMARTS) is 1. The molecule has 0 heterocycles. The minimum absolute atomic E-state index is 0.0522. The average molecular weight is 416 g/mol. The predicted molar refractivity (Wildman–Crippen MR) is 123 cm³/mol. The van der Waals surface area contributed by atoms with E-state index in [1.807, 2.05) is 55.6 Å². The van der Waals surface area contributed by atoms with Gasteiger partial charge in [0.25, 0.3) is 5.91 Å². The van der Waals surface area contributed by atoms with Gasteiger partial charge in [-0.15, -0.1) is 0 Å². The summed E-state index contributed by atoms with van der Waals surface area (Å²) in [6.45, 7) is 0.497. The lowest BCUT2D eigenvalue weighted by Crippen LogP contribution is -2.12. The van der Waals surface area contributed by atoms with Crippen molar-refractivity contribution in [2.75, 3.05) is 23.0 Å². The maximum atomic E-state index is 12.4. The Bertz CT molecular complexity index is 1080. The van der Waals surface area contributed by atoms with E-state index in [0.717, 1.165) is 11.3 Å². The average Bonchev–Trinajstić information content (AvgIpc) is 2.78. The van der Waals surface area contributed by atoms with Gasteiger partial charge in [0.15, 0.2) is 0 Å². The highest BCUT2D eigenvalue weighted by Crippen LogP contribution is 2.19. The highest BCUT2D eigenvalue weighted by Gasteiger charge is 2.11. The summed E-state index contributed by atoms with van der Waals surface area (Å²) in [4.78, 5) is 23.3. The molecule has 0 aliphatic heterocycles. The summed E-state index contributed by atoms with van der Waals surface area (Å²) >= 11 is 0. The van der Waals surface area contributed by atoms with E-state index < -0.39 is 5.97 Å². The lowest BCUT2D eigenvalue weighted by molar-refractivity contribution is -0.135. The number of benzene rings is 3. The Hall–Kier alpha value is -4.13. The summed E-state index contributed by atoms with van der Waals surface area (Å²) in [5.74, 6) is -1.21. The van der Waals surface area contributed by atoms with Crippen LogP contribution in [0.25, 0.3) is 0 Å². The number of amides is 1. The summed E-state index contributed by atoms with van der Waals surface area (Å²) in [6.07, 6.45) is -0.329. The van der Waals surface area contributed by atoms with Gasteiger partial charge in [-0.25, -0.2) is 0 Å². The molecule has 0 aliphatic carbocycles. The second kappa shape index (κ2) is 10.1. The molecule has 0 saturated heterocycles. The van der Waals surface area contributed by atoms with Gasteiger partial charge in [-0.05, 0) is 48.0 Å². The molecule has 3 aromatic carbocycles. The topological polar surface area (TPSA) is 114 Å². The third-order valence-electron chi connectivity index (χ3n) is 4.71. The monoisotopic (exact) mass is 416 g/mol. The molecular formula is C24H24N4O3. The Morgan fingerprint density at radius 2 is 1.55 bits per heavy atom. The van der Waals surface area contributed by atoms with E-state index in [2.05, 4.69) is 16.0 Å². The second-order valence-corrected chi connectivity index (χ2v) is 6.93. The smallest absolute Gasteiger partial charge is 0.309 e. The normalized spacial score (nSPS) is 10.2. The van der Waals surface area contributed by atoms with Crippen LogP contribution < -0.4 is 16.0 Å². The third-order valence-corrected chi connectivity index (χ3v) is 4.71. The molecule has 0 saturated carbocycles. The molecule has 5 N–H and O–H groups in total. The lowest BCUT2D eigenvalue weighted by Gasteiger charge is -2.13. The number of carbonyl (C=O) groups is 2. The molecule has 0 radical (unpaired) electrons. The maximum Gasteiger partial charge on any atom is 0.309 e. The van der Waals surface area contributed by atoms with Gasteiger partial charge in [-0.2, -0.15) is 0 Å². The van der Waals surface area contributed by atoms with Crippen LogP contribution in [0.5, 0.6) is 0 Å². The quantitative estimate of drug-likeness (QED) is 0.331. The summed E-state index contributed by atoms with van der Waals surface area (Å²) in [5.41, 5.74) is 4.51. The largest absolute Gasteiger partial charge is 0.481 e. The molecule has 1 amide bonds. The van der Waals surface area contributed by atoms with Crippen molar-refractivity contribution in [3.8, 4) is 0 Å². The lowest BCUT2D eigenvalue weighted by atomic mass is 10.0. The minimum atomic E-state index is -1.03. The fourth-order valence-corrected chi connectivity index (χ4v) is 3.04. The zero-order valence-electron chi connectivity index (χ0n) is 17.1. The van der Waals surface area contributed by atoms with E-state index in [9.17, 15) is 9.59 Å².